The molecule has 0 bridgehead atoms. The van der Waals surface area contributed by atoms with Gasteiger partial charge in [0.15, 0.2) is 0 Å². The number of aliphatic imine (C=N–C) groups is 1. The summed E-state index contributed by atoms with van der Waals surface area (Å²) in [6, 6.07) is 0. The molecule has 0 aliphatic carbocycles. The van der Waals surface area contributed by atoms with Gasteiger partial charge in [-0.25, -0.2) is 4.99 Å². The largest absolute Gasteiger partial charge is 1.00 e. The summed E-state index contributed by atoms with van der Waals surface area (Å²) in [5.41, 5.74) is 0. The molecule has 1 aliphatic heterocycles. The maximum absolute atomic E-state index is 9.21. The summed E-state index contributed by atoms with van der Waals surface area (Å²) in [5, 5.41) is 9.21. The molecule has 1 rings (SSSR count). The van der Waals surface area contributed by atoms with Crippen LogP contribution >= 0.6 is 0 Å². The second-order valence-corrected chi connectivity index (χ2v) is 8.26. The first-order valence-electron chi connectivity index (χ1n) is 11.4. The third-order valence-corrected chi connectivity index (χ3v) is 5.78. The van der Waals surface area contributed by atoms with Gasteiger partial charge in [-0.2, -0.15) is 0 Å². The van der Waals surface area contributed by atoms with Crippen LogP contribution in [0.5, 0.6) is 0 Å². The molecule has 1 N–H and O–H groups in total. The van der Waals surface area contributed by atoms with Crippen LogP contribution in [-0.2, 0) is 0 Å². The summed E-state index contributed by atoms with van der Waals surface area (Å²) in [4.78, 5) is 4.51. The van der Waals surface area contributed by atoms with E-state index in [9.17, 15) is 5.11 Å². The Kier molecular flexibility index (Phi) is 17.5. The van der Waals surface area contributed by atoms with Crippen molar-refractivity contribution in [2.45, 2.75) is 110 Å². The molecule has 4 heteroatoms. The monoisotopic (exact) mass is 400 g/mol. The van der Waals surface area contributed by atoms with E-state index in [1.165, 1.54) is 102 Å². The van der Waals surface area contributed by atoms with Crippen molar-refractivity contribution in [3.05, 3.63) is 12.4 Å². The van der Waals surface area contributed by atoms with E-state index < -0.39 is 0 Å². The minimum Gasteiger partial charge on any atom is -1.00 e. The van der Waals surface area contributed by atoms with Crippen LogP contribution in [0.3, 0.4) is 0 Å². The van der Waals surface area contributed by atoms with E-state index in [0.717, 1.165) is 13.0 Å². The molecule has 160 valence electrons. The van der Waals surface area contributed by atoms with Gasteiger partial charge in [0, 0.05) is 6.42 Å². The Bertz CT molecular complexity index is 398. The number of aliphatic hydroxyl groups is 1. The number of amidine groups is 1. The Balaban J connectivity index is 0.00000676. The summed E-state index contributed by atoms with van der Waals surface area (Å²) < 4.78 is 0.703. The van der Waals surface area contributed by atoms with Gasteiger partial charge in [-0.05, 0) is 6.42 Å². The van der Waals surface area contributed by atoms with E-state index in [-0.39, 0.29) is 19.0 Å². The van der Waals surface area contributed by atoms with Gasteiger partial charge >= 0.3 is 0 Å². The van der Waals surface area contributed by atoms with E-state index in [0.29, 0.717) is 4.48 Å². The topological polar surface area (TPSA) is 32.6 Å². The molecule has 27 heavy (non-hydrogen) atoms. The quantitative estimate of drug-likeness (QED) is 0.277. The minimum absolute atomic E-state index is 0. The van der Waals surface area contributed by atoms with Gasteiger partial charge in [-0.1, -0.05) is 96.8 Å². The average molecular weight is 401 g/mol. The Hall–Kier alpha value is -0.380. The van der Waals surface area contributed by atoms with E-state index in [1.807, 2.05) is 6.20 Å². The highest BCUT2D eigenvalue weighted by molar-refractivity contribution is 5.78. The first-order valence-corrected chi connectivity index (χ1v) is 11.4. The highest BCUT2D eigenvalue weighted by atomic mass is 35.5. The molecule has 1 heterocycles. The zero-order chi connectivity index (χ0) is 18.9. The molecule has 0 saturated carbocycles. The number of halogens is 1. The fourth-order valence-electron chi connectivity index (χ4n) is 3.87. The second kappa shape index (κ2) is 17.7. The molecule has 0 saturated heterocycles. The lowest BCUT2D eigenvalue weighted by molar-refractivity contribution is -0.765. The number of likely N-dealkylation sites (N-methyl/N-ethyl adjacent to an activating group) is 1. The number of unbranched alkanes of at least 4 members (excludes halogenated alkanes) is 14. The third-order valence-electron chi connectivity index (χ3n) is 5.78. The van der Waals surface area contributed by atoms with Crippen molar-refractivity contribution in [2.24, 2.45) is 4.99 Å². The Morgan fingerprint density at radius 3 is 1.67 bits per heavy atom. The van der Waals surface area contributed by atoms with Crippen LogP contribution in [-0.4, -0.2) is 35.6 Å². The van der Waals surface area contributed by atoms with Crippen LogP contribution in [0, 0.1) is 0 Å². The summed E-state index contributed by atoms with van der Waals surface area (Å²) in [7, 11) is 2.14. The van der Waals surface area contributed by atoms with Gasteiger partial charge in [-0.3, -0.25) is 4.48 Å². The van der Waals surface area contributed by atoms with Crippen LogP contribution in [0.1, 0.15) is 110 Å². The highest BCUT2D eigenvalue weighted by Gasteiger charge is 2.29. The summed E-state index contributed by atoms with van der Waals surface area (Å²) in [6.45, 7) is 3.25. The van der Waals surface area contributed by atoms with Crippen molar-refractivity contribution in [3.63, 3.8) is 0 Å². The Labute approximate surface area is 175 Å². The summed E-state index contributed by atoms with van der Waals surface area (Å²) in [6.07, 6.45) is 26.1. The van der Waals surface area contributed by atoms with Crippen LogP contribution in [0.4, 0.5) is 0 Å². The van der Waals surface area contributed by atoms with Gasteiger partial charge in [0.25, 0.3) is 0 Å². The van der Waals surface area contributed by atoms with E-state index in [4.69, 9.17) is 0 Å². The SMILES string of the molecule is CCCCCCCCCCCCCCCCCC1=NC=C[N+]1(C)CCO.[Cl-]. The van der Waals surface area contributed by atoms with Gasteiger partial charge in [0.2, 0.25) is 5.84 Å². The smallest absolute Gasteiger partial charge is 0.207 e. The summed E-state index contributed by atoms with van der Waals surface area (Å²) in [5.74, 6) is 1.22. The van der Waals surface area contributed by atoms with Gasteiger partial charge in [0.1, 0.15) is 12.7 Å². The molecule has 1 atom stereocenters. The molecular weight excluding hydrogens is 356 g/mol. The van der Waals surface area contributed by atoms with Gasteiger partial charge in [-0.15, -0.1) is 0 Å². The van der Waals surface area contributed by atoms with Crippen LogP contribution in [0.25, 0.3) is 0 Å². The number of nitrogens with zero attached hydrogens (tertiary/aromatic N) is 2. The van der Waals surface area contributed by atoms with Gasteiger partial charge in [0.05, 0.1) is 19.9 Å². The highest BCUT2D eigenvalue weighted by Crippen LogP contribution is 2.19. The van der Waals surface area contributed by atoms with Crippen molar-refractivity contribution in [2.75, 3.05) is 20.2 Å². The molecule has 3 nitrogen and oxygen atoms in total. The van der Waals surface area contributed by atoms with E-state index >= 15 is 0 Å². The first kappa shape index (κ1) is 26.6. The van der Waals surface area contributed by atoms with Crippen LogP contribution < -0.4 is 12.4 Å². The second-order valence-electron chi connectivity index (χ2n) is 8.26. The maximum Gasteiger partial charge on any atom is 0.207 e. The van der Waals surface area contributed by atoms with Crippen molar-refractivity contribution in [1.29, 1.82) is 0 Å². The summed E-state index contributed by atoms with van der Waals surface area (Å²) >= 11 is 0. The Morgan fingerprint density at radius 1 is 0.778 bits per heavy atom. The molecule has 0 aromatic carbocycles. The molecule has 0 aromatic heterocycles. The molecule has 1 aliphatic rings. The molecular formula is C23H45ClN2O. The van der Waals surface area contributed by atoms with Gasteiger partial charge < -0.3 is 17.5 Å². The molecule has 0 amide bonds. The van der Waals surface area contributed by atoms with E-state index in [1.54, 1.807) is 0 Å². The number of hydrogen-bond acceptors (Lipinski definition) is 2. The lowest BCUT2D eigenvalue weighted by atomic mass is 10.0. The van der Waals surface area contributed by atoms with Crippen molar-refractivity contribution in [1.82, 2.24) is 0 Å². The van der Waals surface area contributed by atoms with Crippen molar-refractivity contribution >= 4 is 5.84 Å². The fraction of sp³-hybridized carbons (Fsp3) is 0.870. The fourth-order valence-corrected chi connectivity index (χ4v) is 3.87. The predicted molar refractivity (Wildman–Crippen MR) is 114 cm³/mol. The zero-order valence-corrected chi connectivity index (χ0v) is 18.9. The normalized spacial score (nSPS) is 18.6. The van der Waals surface area contributed by atoms with Crippen LogP contribution in [0.15, 0.2) is 17.4 Å². The number of rotatable bonds is 18. The number of quaternary nitrogens is 1. The standard InChI is InChI=1S/C23H45N2O.ClH/c1-3-4-5-6-7-8-9-10-11-12-13-14-15-16-17-18-23-24-19-20-25(23,2)21-22-26;/h19-20,26H,3-18,21-22H2,1-2H3;1H/q+1;/p-1. The number of hydrogen-bond donors (Lipinski definition) is 1. The number of aliphatic hydroxyl groups excluding tert-OH is 1. The Morgan fingerprint density at radius 2 is 1.22 bits per heavy atom. The zero-order valence-electron chi connectivity index (χ0n) is 18.1. The lowest BCUT2D eigenvalue weighted by Gasteiger charge is -2.26. The van der Waals surface area contributed by atoms with Crippen molar-refractivity contribution in [3.8, 4) is 0 Å². The first-order chi connectivity index (χ1) is 12.7. The maximum atomic E-state index is 9.21. The third kappa shape index (κ3) is 12.6. The lowest BCUT2D eigenvalue weighted by Crippen LogP contribution is -3.00. The minimum atomic E-state index is 0. The molecule has 1 unspecified atom stereocenters. The molecule has 0 aromatic rings. The molecule has 0 fully saturated rings. The molecule has 0 spiro atoms. The van der Waals surface area contributed by atoms with Crippen LogP contribution in [0.2, 0.25) is 0 Å². The average Bonchev–Trinajstić information content (AvgIpc) is 2.99. The predicted octanol–water partition coefficient (Wildman–Crippen LogP) is 3.57. The van der Waals surface area contributed by atoms with Crippen molar-refractivity contribution < 1.29 is 22.0 Å². The van der Waals surface area contributed by atoms with E-state index in [2.05, 4.69) is 25.2 Å². The molecule has 0 radical (unpaired) electrons.